The third-order valence-electron chi connectivity index (χ3n) is 8.29. The van der Waals surface area contributed by atoms with Crippen LogP contribution in [0.3, 0.4) is 0 Å². The van der Waals surface area contributed by atoms with E-state index in [0.717, 1.165) is 61.1 Å². The minimum atomic E-state index is 0. The van der Waals surface area contributed by atoms with Crippen LogP contribution in [0.15, 0.2) is 140 Å². The van der Waals surface area contributed by atoms with Gasteiger partial charge < -0.3 is 9.97 Å². The average molecular weight is 797 g/mol. The number of nitrogens with zero attached hydrogens (tertiary/aromatic N) is 4. The SMILES string of the molecule is Cc1ccc2c(n1)c(-c1ccc(C)c(-c3cc(-c4ccccn4)[c-]cc3C)c1)cc1ncccc12.[Ir].[c-]1ccccc1-c1ccccn1. The third kappa shape index (κ3) is 6.84. The fourth-order valence-electron chi connectivity index (χ4n) is 5.84. The molecule has 0 atom stereocenters. The maximum atomic E-state index is 4.96. The standard InChI is InChI=1S/C32H24N3.C11H8N.Ir/c1-20-9-12-23(17-27(20)28-18-24(13-10-21(28)2)30-8-4-5-15-33-30)29-19-31-25(7-6-16-34-31)26-14-11-22(3)35-32(26)29;1-2-6-10(7-3-1)11-8-4-5-9-12-11;/h4-12,14-19H,1-3H3;1-6,8-9H;/q2*-1;. The van der Waals surface area contributed by atoms with Crippen molar-refractivity contribution < 1.29 is 20.1 Å². The Balaban J connectivity index is 0.000000260. The summed E-state index contributed by atoms with van der Waals surface area (Å²) < 4.78 is 0. The van der Waals surface area contributed by atoms with Crippen LogP contribution in [0, 0.1) is 32.9 Å². The Hall–Kier alpha value is -5.35. The Kier molecular flexibility index (Phi) is 9.91. The second-order valence-corrected chi connectivity index (χ2v) is 11.5. The molecule has 0 bridgehead atoms. The zero-order chi connectivity index (χ0) is 32.2. The minimum absolute atomic E-state index is 0. The average Bonchev–Trinajstić information content (AvgIpc) is 3.13. The zero-order valence-electron chi connectivity index (χ0n) is 26.9. The van der Waals surface area contributed by atoms with Crippen LogP contribution in [0.2, 0.25) is 0 Å². The van der Waals surface area contributed by atoms with Crippen molar-refractivity contribution in [3.05, 3.63) is 169 Å². The molecule has 4 heterocycles. The van der Waals surface area contributed by atoms with Gasteiger partial charge in [0.25, 0.3) is 0 Å². The van der Waals surface area contributed by atoms with E-state index >= 15 is 0 Å². The summed E-state index contributed by atoms with van der Waals surface area (Å²) in [6, 6.07) is 47.6. The van der Waals surface area contributed by atoms with Gasteiger partial charge in [-0.2, -0.15) is 0 Å². The van der Waals surface area contributed by atoms with E-state index in [2.05, 4.69) is 95.5 Å². The van der Waals surface area contributed by atoms with Gasteiger partial charge in [0.1, 0.15) is 0 Å². The summed E-state index contributed by atoms with van der Waals surface area (Å²) in [6.45, 7) is 6.35. The van der Waals surface area contributed by atoms with E-state index in [-0.39, 0.29) is 20.1 Å². The molecule has 0 saturated heterocycles. The molecule has 0 unspecified atom stereocenters. The van der Waals surface area contributed by atoms with E-state index in [1.807, 2.05) is 86.0 Å². The number of hydrogen-bond donors (Lipinski definition) is 0. The molecule has 4 nitrogen and oxygen atoms in total. The van der Waals surface area contributed by atoms with Crippen molar-refractivity contribution in [2.24, 2.45) is 0 Å². The summed E-state index contributed by atoms with van der Waals surface area (Å²) in [4.78, 5) is 18.4. The quantitative estimate of drug-likeness (QED) is 0.132. The first-order chi connectivity index (χ1) is 23.0. The van der Waals surface area contributed by atoms with Gasteiger partial charge >= 0.3 is 0 Å². The predicted octanol–water partition coefficient (Wildman–Crippen LogP) is 10.5. The Morgan fingerprint density at radius 2 is 1.25 bits per heavy atom. The van der Waals surface area contributed by atoms with E-state index < -0.39 is 0 Å². The van der Waals surface area contributed by atoms with Gasteiger partial charge in [-0.25, -0.2) is 0 Å². The first kappa shape index (κ1) is 32.6. The van der Waals surface area contributed by atoms with Gasteiger partial charge in [-0.15, -0.1) is 65.2 Å². The van der Waals surface area contributed by atoms with Gasteiger partial charge in [0.05, 0.1) is 11.0 Å². The van der Waals surface area contributed by atoms with Crippen LogP contribution in [0.1, 0.15) is 16.8 Å². The third-order valence-corrected chi connectivity index (χ3v) is 8.29. The summed E-state index contributed by atoms with van der Waals surface area (Å²) in [5, 5.41) is 2.25. The molecule has 0 saturated carbocycles. The molecular formula is C43H32IrN4-2. The van der Waals surface area contributed by atoms with Gasteiger partial charge in [0.15, 0.2) is 0 Å². The number of aromatic nitrogens is 4. The van der Waals surface area contributed by atoms with Crippen molar-refractivity contribution in [1.29, 1.82) is 0 Å². The summed E-state index contributed by atoms with van der Waals surface area (Å²) in [5.41, 5.74) is 13.9. The number of aryl methyl sites for hydroxylation is 3. The Labute approximate surface area is 295 Å². The molecule has 4 aromatic heterocycles. The molecule has 8 rings (SSSR count). The fourth-order valence-corrected chi connectivity index (χ4v) is 5.84. The van der Waals surface area contributed by atoms with E-state index in [4.69, 9.17) is 4.98 Å². The molecule has 1 radical (unpaired) electrons. The van der Waals surface area contributed by atoms with E-state index in [1.54, 1.807) is 6.20 Å². The zero-order valence-corrected chi connectivity index (χ0v) is 29.3. The molecule has 0 amide bonds. The first-order valence-electron chi connectivity index (χ1n) is 15.6. The van der Waals surface area contributed by atoms with Crippen molar-refractivity contribution >= 4 is 21.8 Å². The summed E-state index contributed by atoms with van der Waals surface area (Å²) in [6.07, 6.45) is 5.46. The largest absolute Gasteiger partial charge is 0.305 e. The monoisotopic (exact) mass is 797 g/mol. The number of rotatable bonds is 4. The number of benzene rings is 4. The van der Waals surface area contributed by atoms with Crippen LogP contribution in [0.4, 0.5) is 0 Å². The minimum Gasteiger partial charge on any atom is -0.305 e. The van der Waals surface area contributed by atoms with Crippen LogP contribution in [-0.2, 0) is 20.1 Å². The van der Waals surface area contributed by atoms with Gasteiger partial charge in [-0.1, -0.05) is 61.0 Å². The van der Waals surface area contributed by atoms with Crippen LogP contribution in [-0.4, -0.2) is 19.9 Å². The van der Waals surface area contributed by atoms with Crippen molar-refractivity contribution in [2.45, 2.75) is 20.8 Å². The molecule has 48 heavy (non-hydrogen) atoms. The molecule has 0 fully saturated rings. The molecule has 0 spiro atoms. The van der Waals surface area contributed by atoms with Crippen LogP contribution < -0.4 is 0 Å². The maximum absolute atomic E-state index is 4.96. The molecule has 0 aliphatic carbocycles. The number of pyridine rings is 4. The molecule has 4 aromatic carbocycles. The topological polar surface area (TPSA) is 51.6 Å². The van der Waals surface area contributed by atoms with Gasteiger partial charge in [-0.3, -0.25) is 9.97 Å². The first-order valence-corrected chi connectivity index (χ1v) is 15.6. The second kappa shape index (κ2) is 14.6. The normalized spacial score (nSPS) is 10.6. The van der Waals surface area contributed by atoms with Crippen LogP contribution in [0.25, 0.3) is 66.6 Å². The van der Waals surface area contributed by atoms with Crippen molar-refractivity contribution in [3.63, 3.8) is 0 Å². The van der Waals surface area contributed by atoms with Crippen molar-refractivity contribution in [2.75, 3.05) is 0 Å². The van der Waals surface area contributed by atoms with Crippen molar-refractivity contribution in [3.8, 4) is 44.8 Å². The summed E-state index contributed by atoms with van der Waals surface area (Å²) >= 11 is 0. The molecule has 235 valence electrons. The van der Waals surface area contributed by atoms with E-state index in [9.17, 15) is 0 Å². The molecular weight excluding hydrogens is 765 g/mol. The fraction of sp³-hybridized carbons (Fsp3) is 0.0698. The molecule has 0 N–H and O–H groups in total. The molecule has 5 heteroatoms. The second-order valence-electron chi connectivity index (χ2n) is 11.5. The Morgan fingerprint density at radius 3 is 1.98 bits per heavy atom. The summed E-state index contributed by atoms with van der Waals surface area (Å²) in [7, 11) is 0. The predicted molar refractivity (Wildman–Crippen MR) is 193 cm³/mol. The maximum Gasteiger partial charge on any atom is 0.0791 e. The molecule has 8 aromatic rings. The smallest absolute Gasteiger partial charge is 0.0791 e. The van der Waals surface area contributed by atoms with E-state index in [1.165, 1.54) is 22.3 Å². The van der Waals surface area contributed by atoms with Crippen LogP contribution in [0.5, 0.6) is 0 Å². The van der Waals surface area contributed by atoms with Gasteiger partial charge in [0, 0.05) is 60.7 Å². The summed E-state index contributed by atoms with van der Waals surface area (Å²) in [5.74, 6) is 0. The van der Waals surface area contributed by atoms with Crippen LogP contribution >= 0.6 is 0 Å². The number of hydrogen-bond acceptors (Lipinski definition) is 4. The van der Waals surface area contributed by atoms with Gasteiger partial charge in [0.2, 0.25) is 0 Å². The van der Waals surface area contributed by atoms with E-state index in [0.29, 0.717) is 0 Å². The van der Waals surface area contributed by atoms with Crippen molar-refractivity contribution in [1.82, 2.24) is 19.9 Å². The molecule has 0 aliphatic heterocycles. The molecule has 0 aliphatic rings. The Morgan fingerprint density at radius 1 is 0.521 bits per heavy atom. The van der Waals surface area contributed by atoms with Gasteiger partial charge in [-0.05, 0) is 78.3 Å². The Bertz CT molecular complexity index is 2290. The number of fused-ring (bicyclic) bond motifs is 3.